The number of carbonyl (C=O) groups is 2. The number of para-hydroxylation sites is 3. The number of quaternary nitrogens is 1. The van der Waals surface area contributed by atoms with Gasteiger partial charge in [0, 0.05) is 18.4 Å². The second-order valence-corrected chi connectivity index (χ2v) is 9.55. The number of furan rings is 1. The predicted molar refractivity (Wildman–Crippen MR) is 146 cm³/mol. The molecule has 3 aromatic heterocycles. The predicted octanol–water partition coefficient (Wildman–Crippen LogP) is 3.06. The molecule has 4 heterocycles. The summed E-state index contributed by atoms with van der Waals surface area (Å²) in [6, 6.07) is 16.6. The summed E-state index contributed by atoms with van der Waals surface area (Å²) < 4.78 is 18.6. The number of carbonyl (C=O) groups excluding carboxylic acids is 2. The number of nitrogens with zero attached hydrogens (tertiary/aromatic N) is 3. The molecule has 0 unspecified atom stereocenters. The van der Waals surface area contributed by atoms with E-state index in [9.17, 15) is 9.59 Å². The van der Waals surface area contributed by atoms with E-state index in [0.717, 1.165) is 44.7 Å². The van der Waals surface area contributed by atoms with Gasteiger partial charge in [-0.2, -0.15) is 0 Å². The van der Waals surface area contributed by atoms with E-state index in [1.807, 2.05) is 47.0 Å². The van der Waals surface area contributed by atoms with Crippen molar-refractivity contribution in [2.45, 2.75) is 19.9 Å². The van der Waals surface area contributed by atoms with Crippen LogP contribution in [0.5, 0.6) is 0 Å². The van der Waals surface area contributed by atoms with Crippen molar-refractivity contribution >= 4 is 50.9 Å². The molecule has 2 aromatic carbocycles. The fourth-order valence-electron chi connectivity index (χ4n) is 5.10. The zero-order valence-electron chi connectivity index (χ0n) is 21.7. The number of hydrogen-bond acceptors (Lipinski definition) is 7. The monoisotopic (exact) mass is 528 g/mol. The van der Waals surface area contributed by atoms with Gasteiger partial charge in [-0.05, 0) is 31.2 Å². The van der Waals surface area contributed by atoms with E-state index < -0.39 is 11.9 Å². The largest absolute Gasteiger partial charge is 0.462 e. The molecule has 0 bridgehead atoms. The van der Waals surface area contributed by atoms with Crippen LogP contribution >= 0.6 is 0 Å². The lowest BCUT2D eigenvalue weighted by Crippen LogP contribution is -3.14. The molecule has 10 heteroatoms. The van der Waals surface area contributed by atoms with Crippen LogP contribution in [0.15, 0.2) is 59.0 Å². The number of aromatic nitrogens is 3. The van der Waals surface area contributed by atoms with Gasteiger partial charge in [-0.15, -0.1) is 0 Å². The highest BCUT2D eigenvalue weighted by Gasteiger charge is 2.29. The molecular weight excluding hydrogens is 498 g/mol. The van der Waals surface area contributed by atoms with Crippen molar-refractivity contribution in [3.05, 3.63) is 65.9 Å². The van der Waals surface area contributed by atoms with E-state index in [1.165, 1.54) is 4.90 Å². The standard InChI is InChI=1S/C29H29N5O5/c1-2-38-29(36)24-25-27(31-21-10-5-4-9-20(21)30-25)34(13-7-12-33-14-16-37-17-15-33)26(24)32-28(35)23-18-19-8-3-6-11-22(19)39-23/h3-6,8-11,18H,2,7,12-17H2,1H3,(H,32,35)/p+1. The van der Waals surface area contributed by atoms with Crippen LogP contribution in [0, 0.1) is 0 Å². The van der Waals surface area contributed by atoms with Gasteiger partial charge in [0.1, 0.15) is 35.6 Å². The molecule has 2 N–H and O–H groups in total. The van der Waals surface area contributed by atoms with Crippen molar-refractivity contribution < 1.29 is 28.4 Å². The Hall–Kier alpha value is -4.28. The normalized spacial score (nSPS) is 14.3. The number of benzene rings is 2. The van der Waals surface area contributed by atoms with Crippen LogP contribution in [-0.2, 0) is 16.0 Å². The van der Waals surface area contributed by atoms with E-state index in [2.05, 4.69) is 5.32 Å². The fourth-order valence-corrected chi connectivity index (χ4v) is 5.10. The van der Waals surface area contributed by atoms with Gasteiger partial charge in [0.2, 0.25) is 0 Å². The first-order valence-electron chi connectivity index (χ1n) is 13.3. The Morgan fingerprint density at radius 3 is 2.56 bits per heavy atom. The Kier molecular flexibility index (Phi) is 6.95. The molecular formula is C29H30N5O5+. The molecule has 0 atom stereocenters. The van der Waals surface area contributed by atoms with Gasteiger partial charge in [0.25, 0.3) is 5.91 Å². The molecule has 1 aliphatic heterocycles. The third kappa shape index (κ3) is 4.96. The number of rotatable bonds is 8. The summed E-state index contributed by atoms with van der Waals surface area (Å²) in [4.78, 5) is 37.9. The summed E-state index contributed by atoms with van der Waals surface area (Å²) >= 11 is 0. The van der Waals surface area contributed by atoms with Crippen LogP contribution in [0.3, 0.4) is 0 Å². The second-order valence-electron chi connectivity index (χ2n) is 9.55. The Bertz CT molecular complexity index is 1630. The quantitative estimate of drug-likeness (QED) is 0.298. The van der Waals surface area contributed by atoms with Crippen LogP contribution in [0.1, 0.15) is 34.3 Å². The number of fused-ring (bicyclic) bond motifs is 3. The van der Waals surface area contributed by atoms with Crippen molar-refractivity contribution in [3.8, 4) is 0 Å². The third-order valence-corrected chi connectivity index (χ3v) is 7.02. The number of aryl methyl sites for hydroxylation is 1. The lowest BCUT2D eigenvalue weighted by molar-refractivity contribution is -0.908. The first-order chi connectivity index (χ1) is 19.1. The Morgan fingerprint density at radius 2 is 1.79 bits per heavy atom. The smallest absolute Gasteiger partial charge is 0.344 e. The summed E-state index contributed by atoms with van der Waals surface area (Å²) in [5.41, 5.74) is 3.07. The van der Waals surface area contributed by atoms with Crippen molar-refractivity contribution in [1.29, 1.82) is 0 Å². The zero-order chi connectivity index (χ0) is 26.8. The first-order valence-corrected chi connectivity index (χ1v) is 13.3. The van der Waals surface area contributed by atoms with E-state index in [1.54, 1.807) is 19.1 Å². The molecule has 5 aromatic rings. The first kappa shape index (κ1) is 25.0. The minimum atomic E-state index is -0.565. The van der Waals surface area contributed by atoms with Crippen LogP contribution < -0.4 is 10.2 Å². The van der Waals surface area contributed by atoms with E-state index >= 15 is 0 Å². The fraction of sp³-hybridized carbons (Fsp3) is 0.310. The molecule has 0 spiro atoms. The highest BCUT2D eigenvalue weighted by atomic mass is 16.5. The van der Waals surface area contributed by atoms with E-state index in [-0.39, 0.29) is 17.9 Å². The summed E-state index contributed by atoms with van der Waals surface area (Å²) in [6.45, 7) is 6.82. The highest BCUT2D eigenvalue weighted by Crippen LogP contribution is 2.32. The molecule has 0 aliphatic carbocycles. The highest BCUT2D eigenvalue weighted by molar-refractivity contribution is 6.13. The number of esters is 1. The van der Waals surface area contributed by atoms with Crippen molar-refractivity contribution in [1.82, 2.24) is 14.5 Å². The molecule has 1 amide bonds. The molecule has 1 fully saturated rings. The number of morpholine rings is 1. The Balaban J connectivity index is 1.44. The molecule has 39 heavy (non-hydrogen) atoms. The Morgan fingerprint density at radius 1 is 1.05 bits per heavy atom. The number of hydrogen-bond donors (Lipinski definition) is 2. The average molecular weight is 529 g/mol. The van der Waals surface area contributed by atoms with Crippen LogP contribution in [0.25, 0.3) is 33.2 Å². The van der Waals surface area contributed by atoms with Crippen molar-refractivity contribution in [2.24, 2.45) is 0 Å². The number of nitrogens with one attached hydrogen (secondary N) is 2. The van der Waals surface area contributed by atoms with E-state index in [4.69, 9.17) is 23.9 Å². The topological polar surface area (TPSA) is 113 Å². The second kappa shape index (κ2) is 10.8. The zero-order valence-corrected chi connectivity index (χ0v) is 21.7. The van der Waals surface area contributed by atoms with Crippen molar-refractivity contribution in [2.75, 3.05) is 44.8 Å². The van der Waals surface area contributed by atoms with Gasteiger partial charge in [-0.1, -0.05) is 30.3 Å². The minimum absolute atomic E-state index is 0.145. The maximum absolute atomic E-state index is 13.5. The summed E-state index contributed by atoms with van der Waals surface area (Å²) in [5, 5.41) is 3.77. The maximum Gasteiger partial charge on any atom is 0.344 e. The molecule has 0 saturated carbocycles. The molecule has 10 nitrogen and oxygen atoms in total. The lowest BCUT2D eigenvalue weighted by atomic mass is 10.2. The van der Waals surface area contributed by atoms with Crippen LogP contribution in [0.2, 0.25) is 0 Å². The molecule has 0 radical (unpaired) electrons. The van der Waals surface area contributed by atoms with Gasteiger partial charge >= 0.3 is 5.97 Å². The maximum atomic E-state index is 13.5. The van der Waals surface area contributed by atoms with Crippen LogP contribution in [-0.4, -0.2) is 65.9 Å². The van der Waals surface area contributed by atoms with Gasteiger partial charge in [-0.25, -0.2) is 14.8 Å². The lowest BCUT2D eigenvalue weighted by Gasteiger charge is -2.23. The molecule has 200 valence electrons. The van der Waals surface area contributed by atoms with Gasteiger partial charge < -0.3 is 28.7 Å². The number of anilines is 1. The van der Waals surface area contributed by atoms with Crippen LogP contribution in [0.4, 0.5) is 5.82 Å². The van der Waals surface area contributed by atoms with Gasteiger partial charge in [-0.3, -0.25) is 4.79 Å². The van der Waals surface area contributed by atoms with Gasteiger partial charge in [0.15, 0.2) is 11.4 Å². The van der Waals surface area contributed by atoms with Gasteiger partial charge in [0.05, 0.1) is 37.4 Å². The summed E-state index contributed by atoms with van der Waals surface area (Å²) in [5.74, 6) is -0.582. The van der Waals surface area contributed by atoms with Crippen molar-refractivity contribution in [3.63, 3.8) is 0 Å². The molecule has 6 rings (SSSR count). The SMILES string of the molecule is CCOC(=O)c1c(NC(=O)c2cc3ccccc3o2)n(CCC[NH+]2CCOCC2)c2nc3ccccc3nc12. The third-order valence-electron chi connectivity index (χ3n) is 7.02. The molecule has 1 saturated heterocycles. The summed E-state index contributed by atoms with van der Waals surface area (Å²) in [6.07, 6.45) is 0.809. The Labute approximate surface area is 224 Å². The number of amides is 1. The summed E-state index contributed by atoms with van der Waals surface area (Å²) in [7, 11) is 0. The van der Waals surface area contributed by atoms with E-state index in [0.29, 0.717) is 40.1 Å². The average Bonchev–Trinajstić information content (AvgIpc) is 3.52. The minimum Gasteiger partial charge on any atom is -0.462 e. The molecule has 1 aliphatic rings. The number of ether oxygens (including phenoxy) is 2.